The first-order chi connectivity index (χ1) is 12.4. The van der Waals surface area contributed by atoms with E-state index in [2.05, 4.69) is 10.1 Å². The van der Waals surface area contributed by atoms with Gasteiger partial charge < -0.3 is 19.5 Å². The molecule has 26 heavy (non-hydrogen) atoms. The van der Waals surface area contributed by atoms with Gasteiger partial charge in [-0.05, 0) is 24.3 Å². The molecule has 0 aliphatic carbocycles. The van der Waals surface area contributed by atoms with E-state index in [4.69, 9.17) is 9.47 Å². The summed E-state index contributed by atoms with van der Waals surface area (Å²) in [7, 11) is 3.95. The second-order valence-corrected chi connectivity index (χ2v) is 5.00. The van der Waals surface area contributed by atoms with Crippen LogP contribution in [0.15, 0.2) is 36.4 Å². The van der Waals surface area contributed by atoms with Gasteiger partial charge in [0.25, 0.3) is 11.6 Å². The van der Waals surface area contributed by atoms with Crippen molar-refractivity contribution in [3.8, 4) is 11.5 Å². The Hall–Kier alpha value is -3.62. The van der Waals surface area contributed by atoms with E-state index in [0.717, 1.165) is 6.07 Å². The minimum atomic E-state index is -0.705. The summed E-state index contributed by atoms with van der Waals surface area (Å²) in [5.41, 5.74) is 0.0466. The van der Waals surface area contributed by atoms with E-state index in [9.17, 15) is 19.7 Å². The fraction of sp³-hybridized carbons (Fsp3) is 0.176. The Morgan fingerprint density at radius 2 is 1.58 bits per heavy atom. The number of nitrogens with one attached hydrogen (secondary N) is 1. The number of nitro groups is 1. The Balaban J connectivity index is 2.34. The third-order valence-electron chi connectivity index (χ3n) is 3.51. The number of anilines is 1. The van der Waals surface area contributed by atoms with Crippen molar-refractivity contribution in [3.63, 3.8) is 0 Å². The Kier molecular flexibility index (Phi) is 5.74. The smallest absolute Gasteiger partial charge is 0.337 e. The molecule has 1 N–H and O–H groups in total. The minimum absolute atomic E-state index is 0.137. The van der Waals surface area contributed by atoms with Crippen LogP contribution in [0.2, 0.25) is 0 Å². The SMILES string of the molecule is COC(=O)c1ccc(NC(=O)c2cc(OC)c(OC)cc2[N+](=O)[O-])cc1. The Morgan fingerprint density at radius 3 is 2.08 bits per heavy atom. The maximum absolute atomic E-state index is 12.5. The topological polar surface area (TPSA) is 117 Å². The number of nitrogens with zero attached hydrogens (tertiary/aromatic N) is 1. The standard InChI is InChI=1S/C17H16N2O7/c1-24-14-8-12(13(19(22)23)9-15(14)25-2)16(20)18-11-6-4-10(5-7-11)17(21)26-3/h4-9H,1-3H3,(H,18,20). The Bertz CT molecular complexity index is 847. The molecule has 0 saturated heterocycles. The number of esters is 1. The molecule has 2 aromatic rings. The lowest BCUT2D eigenvalue weighted by molar-refractivity contribution is -0.385. The van der Waals surface area contributed by atoms with Gasteiger partial charge >= 0.3 is 5.97 Å². The van der Waals surface area contributed by atoms with Gasteiger partial charge in [-0.25, -0.2) is 4.79 Å². The number of benzene rings is 2. The lowest BCUT2D eigenvalue weighted by atomic mass is 10.1. The number of hydrogen-bond acceptors (Lipinski definition) is 7. The predicted octanol–water partition coefficient (Wildman–Crippen LogP) is 2.65. The van der Waals surface area contributed by atoms with Crippen LogP contribution in [0.3, 0.4) is 0 Å². The Labute approximate surface area is 148 Å². The van der Waals surface area contributed by atoms with Crippen LogP contribution in [0, 0.1) is 10.1 Å². The van der Waals surface area contributed by atoms with Crippen molar-refractivity contribution in [2.75, 3.05) is 26.6 Å². The zero-order valence-electron chi connectivity index (χ0n) is 14.3. The molecule has 9 nitrogen and oxygen atoms in total. The van der Waals surface area contributed by atoms with Crippen LogP contribution in [-0.2, 0) is 4.74 Å². The van der Waals surface area contributed by atoms with Crippen LogP contribution >= 0.6 is 0 Å². The molecule has 9 heteroatoms. The van der Waals surface area contributed by atoms with E-state index in [-0.39, 0.29) is 17.1 Å². The van der Waals surface area contributed by atoms with Crippen LogP contribution in [0.25, 0.3) is 0 Å². The van der Waals surface area contributed by atoms with Crippen molar-refractivity contribution in [1.82, 2.24) is 0 Å². The van der Waals surface area contributed by atoms with E-state index in [1.54, 1.807) is 0 Å². The molecule has 0 unspecified atom stereocenters. The highest BCUT2D eigenvalue weighted by Gasteiger charge is 2.24. The minimum Gasteiger partial charge on any atom is -0.493 e. The molecular formula is C17H16N2O7. The van der Waals surface area contributed by atoms with E-state index < -0.39 is 22.5 Å². The first-order valence-electron chi connectivity index (χ1n) is 7.31. The van der Waals surface area contributed by atoms with Gasteiger partial charge in [0.15, 0.2) is 11.5 Å². The summed E-state index contributed by atoms with van der Waals surface area (Å²) in [6.45, 7) is 0. The summed E-state index contributed by atoms with van der Waals surface area (Å²) >= 11 is 0. The third-order valence-corrected chi connectivity index (χ3v) is 3.51. The molecule has 0 fully saturated rings. The van der Waals surface area contributed by atoms with Crippen LogP contribution < -0.4 is 14.8 Å². The number of methoxy groups -OCH3 is 3. The molecule has 0 aliphatic heterocycles. The molecule has 0 heterocycles. The second kappa shape index (κ2) is 7.97. The highest BCUT2D eigenvalue weighted by molar-refractivity contribution is 6.07. The van der Waals surface area contributed by atoms with Gasteiger partial charge in [0.1, 0.15) is 5.56 Å². The maximum atomic E-state index is 12.5. The van der Waals surface area contributed by atoms with Gasteiger partial charge in [-0.15, -0.1) is 0 Å². The van der Waals surface area contributed by atoms with Crippen molar-refractivity contribution in [3.05, 3.63) is 57.6 Å². The summed E-state index contributed by atoms with van der Waals surface area (Å²) in [5.74, 6) is -0.899. The summed E-state index contributed by atoms with van der Waals surface area (Å²) in [5, 5.41) is 13.8. The quantitative estimate of drug-likeness (QED) is 0.478. The first-order valence-corrected chi connectivity index (χ1v) is 7.31. The summed E-state index contributed by atoms with van der Waals surface area (Å²) in [6.07, 6.45) is 0. The first kappa shape index (κ1) is 18.7. The summed E-state index contributed by atoms with van der Waals surface area (Å²) in [4.78, 5) is 34.5. The largest absolute Gasteiger partial charge is 0.493 e. The average Bonchev–Trinajstić information content (AvgIpc) is 2.66. The van der Waals surface area contributed by atoms with Gasteiger partial charge in [-0.3, -0.25) is 14.9 Å². The third kappa shape index (κ3) is 3.89. The van der Waals surface area contributed by atoms with Crippen molar-refractivity contribution in [2.45, 2.75) is 0 Å². The van der Waals surface area contributed by atoms with Gasteiger partial charge in [0, 0.05) is 11.8 Å². The molecule has 2 rings (SSSR count). The fourth-order valence-corrected chi connectivity index (χ4v) is 2.21. The summed E-state index contributed by atoms with van der Waals surface area (Å²) < 4.78 is 14.7. The molecule has 2 aromatic carbocycles. The molecule has 1 amide bonds. The van der Waals surface area contributed by atoms with Crippen molar-refractivity contribution < 1.29 is 28.7 Å². The number of hydrogen-bond donors (Lipinski definition) is 1. The Morgan fingerprint density at radius 1 is 1.00 bits per heavy atom. The monoisotopic (exact) mass is 360 g/mol. The molecule has 0 bridgehead atoms. The van der Waals surface area contributed by atoms with Gasteiger partial charge in [-0.2, -0.15) is 0 Å². The number of rotatable bonds is 6. The molecule has 0 spiro atoms. The van der Waals surface area contributed by atoms with Gasteiger partial charge in [0.2, 0.25) is 0 Å². The van der Waals surface area contributed by atoms with Crippen LogP contribution in [0.5, 0.6) is 11.5 Å². The lowest BCUT2D eigenvalue weighted by Crippen LogP contribution is -2.14. The van der Waals surface area contributed by atoms with Crippen molar-refractivity contribution >= 4 is 23.3 Å². The molecule has 0 aromatic heterocycles. The number of carbonyl (C=O) groups is 2. The van der Waals surface area contributed by atoms with Crippen molar-refractivity contribution in [1.29, 1.82) is 0 Å². The second-order valence-electron chi connectivity index (χ2n) is 5.00. The van der Waals surface area contributed by atoms with Crippen LogP contribution in [-0.4, -0.2) is 38.1 Å². The van der Waals surface area contributed by atoms with Gasteiger partial charge in [-0.1, -0.05) is 0 Å². The number of ether oxygens (including phenoxy) is 3. The van der Waals surface area contributed by atoms with Crippen LogP contribution in [0.4, 0.5) is 11.4 Å². The summed E-state index contributed by atoms with van der Waals surface area (Å²) in [6, 6.07) is 8.24. The molecule has 0 aliphatic rings. The van der Waals surface area contributed by atoms with Crippen LogP contribution in [0.1, 0.15) is 20.7 Å². The number of amides is 1. The normalized spacial score (nSPS) is 9.96. The maximum Gasteiger partial charge on any atom is 0.337 e. The molecule has 0 radical (unpaired) electrons. The lowest BCUT2D eigenvalue weighted by Gasteiger charge is -2.11. The molecule has 0 saturated carbocycles. The predicted molar refractivity (Wildman–Crippen MR) is 91.9 cm³/mol. The van der Waals surface area contributed by atoms with E-state index >= 15 is 0 Å². The number of carbonyl (C=O) groups excluding carboxylic acids is 2. The highest BCUT2D eigenvalue weighted by Crippen LogP contribution is 2.34. The molecular weight excluding hydrogens is 344 g/mol. The zero-order valence-corrected chi connectivity index (χ0v) is 14.3. The molecule has 0 atom stereocenters. The number of nitro benzene ring substituents is 1. The van der Waals surface area contributed by atoms with E-state index in [0.29, 0.717) is 11.3 Å². The van der Waals surface area contributed by atoms with Gasteiger partial charge in [0.05, 0.1) is 37.9 Å². The van der Waals surface area contributed by atoms with E-state index in [1.807, 2.05) is 0 Å². The van der Waals surface area contributed by atoms with E-state index in [1.165, 1.54) is 51.7 Å². The molecule has 136 valence electrons. The average molecular weight is 360 g/mol. The highest BCUT2D eigenvalue weighted by atomic mass is 16.6. The van der Waals surface area contributed by atoms with Crippen molar-refractivity contribution in [2.24, 2.45) is 0 Å². The zero-order chi connectivity index (χ0) is 19.3. The fourth-order valence-electron chi connectivity index (χ4n) is 2.21.